The second-order valence-corrected chi connectivity index (χ2v) is 9.97. The van der Waals surface area contributed by atoms with Gasteiger partial charge in [-0.3, -0.25) is 4.79 Å². The lowest BCUT2D eigenvalue weighted by Gasteiger charge is -2.34. The molecular formula is C21H30N4O3S. The Morgan fingerprint density at radius 1 is 1.31 bits per heavy atom. The first-order valence-corrected chi connectivity index (χ1v) is 12.1. The van der Waals surface area contributed by atoms with Crippen LogP contribution in [0.15, 0.2) is 23.1 Å². The summed E-state index contributed by atoms with van der Waals surface area (Å²) in [4.78, 5) is 26.2. The fourth-order valence-corrected chi connectivity index (χ4v) is 4.44. The van der Waals surface area contributed by atoms with Crippen LogP contribution in [-0.2, 0) is 14.6 Å². The third-order valence-corrected chi connectivity index (χ3v) is 6.66. The molecule has 7 nitrogen and oxygen atoms in total. The molecular weight excluding hydrogens is 388 g/mol. The maximum Gasteiger partial charge on any atom is 0.227 e. The van der Waals surface area contributed by atoms with Crippen LogP contribution in [0.3, 0.4) is 0 Å². The lowest BCUT2D eigenvalue weighted by Crippen LogP contribution is -2.44. The van der Waals surface area contributed by atoms with E-state index in [1.165, 1.54) is 6.26 Å². The Morgan fingerprint density at radius 2 is 2.07 bits per heavy atom. The van der Waals surface area contributed by atoms with Crippen LogP contribution >= 0.6 is 0 Å². The van der Waals surface area contributed by atoms with Crippen LogP contribution in [-0.4, -0.2) is 62.1 Å². The third kappa shape index (κ3) is 4.86. The Morgan fingerprint density at radius 3 is 2.76 bits per heavy atom. The average Bonchev–Trinajstić information content (AvgIpc) is 2.70. The van der Waals surface area contributed by atoms with Gasteiger partial charge in [0, 0.05) is 38.3 Å². The van der Waals surface area contributed by atoms with Crippen molar-refractivity contribution in [2.24, 2.45) is 5.92 Å². The SMILES string of the molecule is CCCCN(C)C(=O)[C@H]1CCCN(c2nc(C)c3ccc(S(C)(=O)=O)cc3n2)C1. The number of unbranched alkanes of at least 4 members (excludes halogenated alkanes) is 1. The zero-order chi connectivity index (χ0) is 21.2. The van der Waals surface area contributed by atoms with Crippen molar-refractivity contribution >= 4 is 32.6 Å². The van der Waals surface area contributed by atoms with Crippen LogP contribution in [0.1, 0.15) is 38.3 Å². The molecule has 0 spiro atoms. The van der Waals surface area contributed by atoms with Crippen molar-refractivity contribution < 1.29 is 13.2 Å². The Hall–Kier alpha value is -2.22. The van der Waals surface area contributed by atoms with E-state index in [1.54, 1.807) is 18.2 Å². The molecule has 1 atom stereocenters. The molecule has 3 rings (SSSR count). The van der Waals surface area contributed by atoms with Gasteiger partial charge < -0.3 is 9.80 Å². The number of piperidine rings is 1. The number of aromatic nitrogens is 2. The first-order valence-electron chi connectivity index (χ1n) is 10.2. The molecule has 1 aliphatic rings. The van der Waals surface area contributed by atoms with Gasteiger partial charge in [-0.05, 0) is 44.4 Å². The number of hydrogen-bond donors (Lipinski definition) is 0. The maximum absolute atomic E-state index is 12.8. The predicted molar refractivity (Wildman–Crippen MR) is 115 cm³/mol. The molecule has 1 aromatic carbocycles. The largest absolute Gasteiger partial charge is 0.345 e. The van der Waals surface area contributed by atoms with Crippen LogP contribution in [0.2, 0.25) is 0 Å². The summed E-state index contributed by atoms with van der Waals surface area (Å²) in [5, 5.41) is 0.838. The summed E-state index contributed by atoms with van der Waals surface area (Å²) < 4.78 is 23.8. The van der Waals surface area contributed by atoms with Crippen molar-refractivity contribution in [3.8, 4) is 0 Å². The number of fused-ring (bicyclic) bond motifs is 1. The minimum Gasteiger partial charge on any atom is -0.345 e. The second kappa shape index (κ2) is 8.65. The quantitative estimate of drug-likeness (QED) is 0.717. The first-order chi connectivity index (χ1) is 13.7. The molecule has 2 heterocycles. The normalized spacial score (nSPS) is 17.5. The van der Waals surface area contributed by atoms with Gasteiger partial charge in [0.15, 0.2) is 9.84 Å². The molecule has 158 valence electrons. The number of nitrogens with zero attached hydrogens (tertiary/aromatic N) is 4. The molecule has 1 fully saturated rings. The maximum atomic E-state index is 12.8. The van der Waals surface area contributed by atoms with Gasteiger partial charge in [0.05, 0.1) is 22.0 Å². The van der Waals surface area contributed by atoms with Gasteiger partial charge in [-0.25, -0.2) is 18.4 Å². The summed E-state index contributed by atoms with van der Waals surface area (Å²) >= 11 is 0. The Labute approximate surface area is 173 Å². The molecule has 8 heteroatoms. The molecule has 2 aromatic rings. The van der Waals surface area contributed by atoms with E-state index in [0.717, 1.165) is 49.9 Å². The number of aryl methyl sites for hydroxylation is 1. The summed E-state index contributed by atoms with van der Waals surface area (Å²) in [6.45, 7) is 6.19. The second-order valence-electron chi connectivity index (χ2n) is 7.96. The van der Waals surface area contributed by atoms with Gasteiger partial charge in [0.2, 0.25) is 11.9 Å². The Kier molecular flexibility index (Phi) is 6.41. The number of benzene rings is 1. The summed E-state index contributed by atoms with van der Waals surface area (Å²) in [6.07, 6.45) is 5.04. The number of carbonyl (C=O) groups is 1. The number of carbonyl (C=O) groups excluding carboxylic acids is 1. The number of rotatable bonds is 6. The Balaban J connectivity index is 1.86. The minimum atomic E-state index is -3.31. The van der Waals surface area contributed by atoms with Gasteiger partial charge in [-0.2, -0.15) is 0 Å². The molecule has 0 aliphatic carbocycles. The van der Waals surface area contributed by atoms with E-state index in [2.05, 4.69) is 21.8 Å². The minimum absolute atomic E-state index is 0.0624. The van der Waals surface area contributed by atoms with Crippen molar-refractivity contribution in [1.29, 1.82) is 0 Å². The highest BCUT2D eigenvalue weighted by atomic mass is 32.2. The van der Waals surface area contributed by atoms with Crippen LogP contribution < -0.4 is 4.90 Å². The fourth-order valence-electron chi connectivity index (χ4n) is 3.80. The van der Waals surface area contributed by atoms with Gasteiger partial charge >= 0.3 is 0 Å². The highest BCUT2D eigenvalue weighted by Gasteiger charge is 2.29. The van der Waals surface area contributed by atoms with Crippen molar-refractivity contribution in [2.75, 3.05) is 37.8 Å². The molecule has 1 aromatic heterocycles. The van der Waals surface area contributed by atoms with Crippen molar-refractivity contribution in [3.05, 3.63) is 23.9 Å². The molecule has 1 aliphatic heterocycles. The zero-order valence-corrected chi connectivity index (χ0v) is 18.5. The van der Waals surface area contributed by atoms with Crippen molar-refractivity contribution in [2.45, 2.75) is 44.4 Å². The topological polar surface area (TPSA) is 83.5 Å². The molecule has 1 saturated heterocycles. The van der Waals surface area contributed by atoms with Gasteiger partial charge in [-0.1, -0.05) is 13.3 Å². The molecule has 0 saturated carbocycles. The highest BCUT2D eigenvalue weighted by Crippen LogP contribution is 2.26. The van der Waals surface area contributed by atoms with E-state index < -0.39 is 9.84 Å². The van der Waals surface area contributed by atoms with E-state index in [0.29, 0.717) is 18.0 Å². The smallest absolute Gasteiger partial charge is 0.227 e. The average molecular weight is 419 g/mol. The standard InChI is InChI=1S/C21H30N4O3S/c1-5-6-11-24(3)20(26)16-8-7-12-25(14-16)21-22-15(2)18-10-9-17(29(4,27)28)13-19(18)23-21/h9-10,13,16H,5-8,11-12,14H2,1-4H3/t16-/m0/s1. The van der Waals surface area contributed by atoms with Crippen LogP contribution in [0.4, 0.5) is 5.95 Å². The van der Waals surface area contributed by atoms with Crippen molar-refractivity contribution in [1.82, 2.24) is 14.9 Å². The fraction of sp³-hybridized carbons (Fsp3) is 0.571. The van der Waals surface area contributed by atoms with Crippen LogP contribution in [0.25, 0.3) is 10.9 Å². The van der Waals surface area contributed by atoms with E-state index in [4.69, 9.17) is 0 Å². The van der Waals surface area contributed by atoms with E-state index in [1.807, 2.05) is 18.9 Å². The summed E-state index contributed by atoms with van der Waals surface area (Å²) in [6, 6.07) is 4.96. The molecule has 0 radical (unpaired) electrons. The lowest BCUT2D eigenvalue weighted by molar-refractivity contribution is -0.134. The highest BCUT2D eigenvalue weighted by molar-refractivity contribution is 7.90. The molecule has 1 amide bonds. The monoisotopic (exact) mass is 418 g/mol. The number of anilines is 1. The summed E-state index contributed by atoms with van der Waals surface area (Å²) in [7, 11) is -1.43. The number of sulfone groups is 1. The summed E-state index contributed by atoms with van der Waals surface area (Å²) in [5.74, 6) is 0.682. The molecule has 0 bridgehead atoms. The van der Waals surface area contributed by atoms with Gasteiger partial charge in [-0.15, -0.1) is 0 Å². The Bertz CT molecular complexity index is 1010. The number of hydrogen-bond acceptors (Lipinski definition) is 6. The third-order valence-electron chi connectivity index (χ3n) is 5.55. The van der Waals surface area contributed by atoms with Gasteiger partial charge in [0.1, 0.15) is 0 Å². The zero-order valence-electron chi connectivity index (χ0n) is 17.7. The predicted octanol–water partition coefficient (Wildman–Crippen LogP) is 2.82. The first kappa shape index (κ1) is 21.5. The lowest BCUT2D eigenvalue weighted by atomic mass is 9.96. The van der Waals surface area contributed by atoms with Gasteiger partial charge in [0.25, 0.3) is 0 Å². The van der Waals surface area contributed by atoms with Crippen LogP contribution in [0, 0.1) is 12.8 Å². The van der Waals surface area contributed by atoms with E-state index in [-0.39, 0.29) is 16.7 Å². The molecule has 0 unspecified atom stereocenters. The number of amides is 1. The molecule has 29 heavy (non-hydrogen) atoms. The van der Waals surface area contributed by atoms with E-state index >= 15 is 0 Å². The van der Waals surface area contributed by atoms with E-state index in [9.17, 15) is 13.2 Å². The summed E-state index contributed by atoms with van der Waals surface area (Å²) in [5.41, 5.74) is 1.42. The van der Waals surface area contributed by atoms with Crippen LogP contribution in [0.5, 0.6) is 0 Å². The van der Waals surface area contributed by atoms with Crippen molar-refractivity contribution in [3.63, 3.8) is 0 Å². The molecule has 0 N–H and O–H groups in total.